The van der Waals surface area contributed by atoms with E-state index in [9.17, 15) is 0 Å². The quantitative estimate of drug-likeness (QED) is 0.855. The molecule has 0 spiro atoms. The van der Waals surface area contributed by atoms with Gasteiger partial charge in [-0.25, -0.2) is 0 Å². The highest BCUT2D eigenvalue weighted by Gasteiger charge is 2.13. The van der Waals surface area contributed by atoms with Gasteiger partial charge in [0.05, 0.1) is 18.9 Å². The lowest BCUT2D eigenvalue weighted by Crippen LogP contribution is -2.12. The summed E-state index contributed by atoms with van der Waals surface area (Å²) in [6.45, 7) is 7.80. The molecule has 0 unspecified atom stereocenters. The predicted octanol–water partition coefficient (Wildman–Crippen LogP) is 3.84. The second-order valence-corrected chi connectivity index (χ2v) is 4.70. The Morgan fingerprint density at radius 3 is 2.68 bits per heavy atom. The van der Waals surface area contributed by atoms with Gasteiger partial charge in [0, 0.05) is 11.1 Å². The van der Waals surface area contributed by atoms with Gasteiger partial charge in [0.1, 0.15) is 11.5 Å². The Morgan fingerprint density at radius 2 is 1.95 bits per heavy atom. The van der Waals surface area contributed by atoms with Crippen LogP contribution in [0.25, 0.3) is 11.1 Å². The lowest BCUT2D eigenvalue weighted by Gasteiger charge is -2.14. The lowest BCUT2D eigenvalue weighted by molar-refractivity contribution is 0.243. The minimum Gasteiger partial charge on any atom is -0.490 e. The predicted molar refractivity (Wildman–Crippen MR) is 77.3 cm³/mol. The molecule has 102 valence electrons. The summed E-state index contributed by atoms with van der Waals surface area (Å²) in [6.07, 6.45) is 1.89. The maximum atomic E-state index is 5.87. The molecule has 2 aromatic rings. The van der Waals surface area contributed by atoms with E-state index in [-0.39, 0.29) is 6.10 Å². The molecule has 0 fully saturated rings. The molecule has 1 heterocycles. The van der Waals surface area contributed by atoms with Gasteiger partial charge >= 0.3 is 0 Å². The Balaban J connectivity index is 2.33. The molecular formula is C16H21NO2. The summed E-state index contributed by atoms with van der Waals surface area (Å²) >= 11 is 0. The van der Waals surface area contributed by atoms with Crippen molar-refractivity contribution >= 4 is 0 Å². The smallest absolute Gasteiger partial charge is 0.127 e. The largest absolute Gasteiger partial charge is 0.490 e. The van der Waals surface area contributed by atoms with Gasteiger partial charge in [-0.05, 0) is 32.5 Å². The summed E-state index contributed by atoms with van der Waals surface area (Å²) < 4.78 is 11.4. The highest BCUT2D eigenvalue weighted by atomic mass is 16.5. The van der Waals surface area contributed by atoms with Crippen molar-refractivity contribution < 1.29 is 9.15 Å². The number of nitrogens with one attached hydrogen (secondary N) is 1. The topological polar surface area (TPSA) is 34.4 Å². The van der Waals surface area contributed by atoms with Crippen LogP contribution in [0.15, 0.2) is 41.0 Å². The number of rotatable bonds is 6. The zero-order valence-corrected chi connectivity index (χ0v) is 11.8. The molecule has 0 saturated heterocycles. The molecule has 0 aliphatic carbocycles. The van der Waals surface area contributed by atoms with E-state index in [1.165, 1.54) is 0 Å². The second-order valence-electron chi connectivity index (χ2n) is 4.70. The standard InChI is InChI=1S/C16H21NO2/c1-4-17-11-16-14(9-10-18-16)13-7-5-6-8-15(13)19-12(2)3/h5-10,12,17H,4,11H2,1-3H3. The molecule has 1 aromatic carbocycles. The minimum absolute atomic E-state index is 0.158. The van der Waals surface area contributed by atoms with Gasteiger partial charge in [0.2, 0.25) is 0 Å². The van der Waals surface area contributed by atoms with Crippen LogP contribution >= 0.6 is 0 Å². The van der Waals surface area contributed by atoms with Gasteiger partial charge in [-0.3, -0.25) is 0 Å². The summed E-state index contributed by atoms with van der Waals surface area (Å²) in [5.41, 5.74) is 2.18. The summed E-state index contributed by atoms with van der Waals surface area (Å²) in [5.74, 6) is 1.85. The molecule has 0 saturated carbocycles. The van der Waals surface area contributed by atoms with E-state index in [2.05, 4.69) is 18.3 Å². The third-order valence-corrected chi connectivity index (χ3v) is 2.82. The third kappa shape index (κ3) is 3.38. The second kappa shape index (κ2) is 6.43. The van der Waals surface area contributed by atoms with Crippen molar-refractivity contribution in [2.45, 2.75) is 33.4 Å². The van der Waals surface area contributed by atoms with Gasteiger partial charge in [-0.2, -0.15) is 0 Å². The number of benzene rings is 1. The van der Waals surface area contributed by atoms with Crippen molar-refractivity contribution in [3.05, 3.63) is 42.4 Å². The molecule has 2 rings (SSSR count). The van der Waals surface area contributed by atoms with E-state index < -0.39 is 0 Å². The monoisotopic (exact) mass is 259 g/mol. The Kier molecular flexibility index (Phi) is 4.63. The van der Waals surface area contributed by atoms with Crippen molar-refractivity contribution in [2.24, 2.45) is 0 Å². The fourth-order valence-corrected chi connectivity index (χ4v) is 2.00. The SMILES string of the molecule is CCNCc1occc1-c1ccccc1OC(C)C. The molecule has 0 aliphatic heterocycles. The van der Waals surface area contributed by atoms with Gasteiger partial charge < -0.3 is 14.5 Å². The first-order chi connectivity index (χ1) is 9.22. The van der Waals surface area contributed by atoms with Crippen LogP contribution < -0.4 is 10.1 Å². The molecule has 1 aromatic heterocycles. The number of hydrogen-bond donors (Lipinski definition) is 1. The first kappa shape index (κ1) is 13.7. The van der Waals surface area contributed by atoms with E-state index in [1.54, 1.807) is 6.26 Å². The van der Waals surface area contributed by atoms with Crippen LogP contribution in [0.1, 0.15) is 26.5 Å². The number of ether oxygens (including phenoxy) is 1. The first-order valence-corrected chi connectivity index (χ1v) is 6.75. The fraction of sp³-hybridized carbons (Fsp3) is 0.375. The molecule has 19 heavy (non-hydrogen) atoms. The molecule has 0 bridgehead atoms. The van der Waals surface area contributed by atoms with E-state index in [4.69, 9.17) is 9.15 Å². The zero-order chi connectivity index (χ0) is 13.7. The van der Waals surface area contributed by atoms with Gasteiger partial charge in [-0.15, -0.1) is 0 Å². The van der Waals surface area contributed by atoms with Crippen molar-refractivity contribution in [2.75, 3.05) is 6.54 Å². The summed E-state index contributed by atoms with van der Waals surface area (Å²) in [5, 5.41) is 3.29. The Labute approximate surface area is 114 Å². The fourth-order valence-electron chi connectivity index (χ4n) is 2.00. The van der Waals surface area contributed by atoms with Crippen molar-refractivity contribution in [3.63, 3.8) is 0 Å². The van der Waals surface area contributed by atoms with Crippen LogP contribution in [-0.4, -0.2) is 12.6 Å². The van der Waals surface area contributed by atoms with E-state index in [1.807, 2.05) is 38.1 Å². The normalized spacial score (nSPS) is 10.9. The van der Waals surface area contributed by atoms with Crippen LogP contribution in [0.3, 0.4) is 0 Å². The van der Waals surface area contributed by atoms with Gasteiger partial charge in [0.15, 0.2) is 0 Å². The van der Waals surface area contributed by atoms with Crippen LogP contribution in [0, 0.1) is 0 Å². The van der Waals surface area contributed by atoms with Crippen molar-refractivity contribution in [1.29, 1.82) is 0 Å². The summed E-state index contributed by atoms with van der Waals surface area (Å²) in [7, 11) is 0. The molecule has 0 aliphatic rings. The highest BCUT2D eigenvalue weighted by Crippen LogP contribution is 2.33. The number of para-hydroxylation sites is 1. The van der Waals surface area contributed by atoms with Crippen LogP contribution in [0.5, 0.6) is 5.75 Å². The van der Waals surface area contributed by atoms with E-state index in [0.29, 0.717) is 0 Å². The summed E-state index contributed by atoms with van der Waals surface area (Å²) in [4.78, 5) is 0. The molecule has 0 radical (unpaired) electrons. The molecule has 3 nitrogen and oxygen atoms in total. The Bertz CT molecular complexity index is 517. The molecule has 3 heteroatoms. The average Bonchev–Trinajstić information content (AvgIpc) is 2.84. The average molecular weight is 259 g/mol. The van der Waals surface area contributed by atoms with Gasteiger partial charge in [-0.1, -0.05) is 25.1 Å². The van der Waals surface area contributed by atoms with Crippen LogP contribution in [-0.2, 0) is 6.54 Å². The van der Waals surface area contributed by atoms with Crippen LogP contribution in [0.2, 0.25) is 0 Å². The molecule has 0 atom stereocenters. The number of furan rings is 1. The zero-order valence-electron chi connectivity index (χ0n) is 11.8. The third-order valence-electron chi connectivity index (χ3n) is 2.82. The summed E-state index contributed by atoms with van der Waals surface area (Å²) in [6, 6.07) is 10.1. The van der Waals surface area contributed by atoms with Crippen molar-refractivity contribution in [3.8, 4) is 16.9 Å². The Morgan fingerprint density at radius 1 is 1.16 bits per heavy atom. The maximum absolute atomic E-state index is 5.87. The van der Waals surface area contributed by atoms with Gasteiger partial charge in [0.25, 0.3) is 0 Å². The minimum atomic E-state index is 0.158. The molecular weight excluding hydrogens is 238 g/mol. The van der Waals surface area contributed by atoms with Crippen LogP contribution in [0.4, 0.5) is 0 Å². The first-order valence-electron chi connectivity index (χ1n) is 6.75. The van der Waals surface area contributed by atoms with Crippen molar-refractivity contribution in [1.82, 2.24) is 5.32 Å². The number of hydrogen-bond acceptors (Lipinski definition) is 3. The highest BCUT2D eigenvalue weighted by molar-refractivity contribution is 5.72. The maximum Gasteiger partial charge on any atom is 0.127 e. The Hall–Kier alpha value is -1.74. The van der Waals surface area contributed by atoms with E-state index in [0.717, 1.165) is 35.7 Å². The molecule has 0 amide bonds. The molecule has 1 N–H and O–H groups in total. The lowest BCUT2D eigenvalue weighted by atomic mass is 10.1. The van der Waals surface area contributed by atoms with E-state index >= 15 is 0 Å².